The molecule has 2 heterocycles. The van der Waals surface area contributed by atoms with Gasteiger partial charge in [-0.2, -0.15) is 0 Å². The number of likely N-dealkylation sites (tertiary alicyclic amines) is 1. The van der Waals surface area contributed by atoms with Gasteiger partial charge in [-0.25, -0.2) is 9.59 Å². The molecule has 0 radical (unpaired) electrons. The van der Waals surface area contributed by atoms with Crippen molar-refractivity contribution in [1.82, 2.24) is 14.5 Å². The summed E-state index contributed by atoms with van der Waals surface area (Å²) in [6.45, 7) is 5.55. The first-order valence-corrected chi connectivity index (χ1v) is 9.18. The highest BCUT2D eigenvalue weighted by atomic mass is 35.5. The van der Waals surface area contributed by atoms with Crippen LogP contribution in [0.2, 0.25) is 5.02 Å². The van der Waals surface area contributed by atoms with E-state index in [1.165, 1.54) is 0 Å². The minimum Gasteiger partial charge on any atom is -0.495 e. The number of ether oxygens (including phenoxy) is 2. The molecular weight excluding hydrogens is 358 g/mol. The minimum atomic E-state index is -0.281. The predicted molar refractivity (Wildman–Crippen MR) is 100 cm³/mol. The molecule has 142 valence electrons. The Morgan fingerprint density at radius 2 is 2.04 bits per heavy atom. The van der Waals surface area contributed by atoms with Gasteiger partial charge in [-0.3, -0.25) is 4.57 Å². The molecule has 7 nitrogen and oxygen atoms in total. The maximum Gasteiger partial charge on any atom is 0.409 e. The molecule has 1 aromatic heterocycles. The highest BCUT2D eigenvalue weighted by Gasteiger charge is 2.27. The molecule has 0 spiro atoms. The van der Waals surface area contributed by atoms with Gasteiger partial charge in [0.25, 0.3) is 0 Å². The topological polar surface area (TPSA) is 76.6 Å². The number of imidazole rings is 1. The maximum absolute atomic E-state index is 12.5. The number of carbonyl (C=O) groups is 1. The van der Waals surface area contributed by atoms with Crippen LogP contribution < -0.4 is 10.4 Å². The Balaban J connectivity index is 1.76. The van der Waals surface area contributed by atoms with Crippen molar-refractivity contribution in [1.29, 1.82) is 0 Å². The number of methoxy groups -OCH3 is 1. The number of halogens is 1. The van der Waals surface area contributed by atoms with Crippen LogP contribution in [-0.4, -0.2) is 47.4 Å². The van der Waals surface area contributed by atoms with E-state index >= 15 is 0 Å². The maximum atomic E-state index is 12.5. The molecule has 2 aromatic rings. The minimum absolute atomic E-state index is 0.0104. The standard InChI is InChI=1S/C18H24ClN3O4/c1-11(2)10-26-18(24)21-6-4-12(5-7-21)22-15-9-16(25-3)13(19)8-14(15)20-17(22)23/h8-9,11-12H,4-7,10H2,1-3H3,(H,20,23). The Morgan fingerprint density at radius 3 is 2.65 bits per heavy atom. The average molecular weight is 382 g/mol. The zero-order valence-electron chi connectivity index (χ0n) is 15.3. The summed E-state index contributed by atoms with van der Waals surface area (Å²) in [6.07, 6.45) is 1.10. The number of piperidine rings is 1. The van der Waals surface area contributed by atoms with E-state index in [2.05, 4.69) is 4.98 Å². The van der Waals surface area contributed by atoms with Crippen molar-refractivity contribution in [2.24, 2.45) is 5.92 Å². The zero-order valence-corrected chi connectivity index (χ0v) is 16.0. The van der Waals surface area contributed by atoms with Crippen molar-refractivity contribution in [2.45, 2.75) is 32.7 Å². The van der Waals surface area contributed by atoms with E-state index in [-0.39, 0.29) is 17.8 Å². The number of H-pyrrole nitrogens is 1. The number of fused-ring (bicyclic) bond motifs is 1. The summed E-state index contributed by atoms with van der Waals surface area (Å²) in [5.74, 6) is 0.838. The average Bonchev–Trinajstić information content (AvgIpc) is 2.93. The van der Waals surface area contributed by atoms with E-state index in [0.717, 1.165) is 5.52 Å². The van der Waals surface area contributed by atoms with Crippen LogP contribution in [0.25, 0.3) is 11.0 Å². The van der Waals surface area contributed by atoms with Gasteiger partial charge in [0.15, 0.2) is 0 Å². The summed E-state index contributed by atoms with van der Waals surface area (Å²) in [5.41, 5.74) is 1.27. The molecule has 0 unspecified atom stereocenters. The quantitative estimate of drug-likeness (QED) is 0.880. The molecule has 1 amide bonds. The molecule has 1 aliphatic rings. The van der Waals surface area contributed by atoms with Crippen molar-refractivity contribution in [3.8, 4) is 5.75 Å². The molecule has 26 heavy (non-hydrogen) atoms. The number of hydrogen-bond acceptors (Lipinski definition) is 4. The third-order valence-corrected chi connectivity index (χ3v) is 4.91. The lowest BCUT2D eigenvalue weighted by atomic mass is 10.0. The van der Waals surface area contributed by atoms with Gasteiger partial charge >= 0.3 is 11.8 Å². The smallest absolute Gasteiger partial charge is 0.409 e. The fourth-order valence-corrected chi connectivity index (χ4v) is 3.52. The third-order valence-electron chi connectivity index (χ3n) is 4.62. The summed E-state index contributed by atoms with van der Waals surface area (Å²) >= 11 is 6.14. The van der Waals surface area contributed by atoms with Crippen molar-refractivity contribution in [2.75, 3.05) is 26.8 Å². The molecule has 1 aromatic carbocycles. The first kappa shape index (κ1) is 18.6. The van der Waals surface area contributed by atoms with Crippen LogP contribution in [0, 0.1) is 5.92 Å². The molecule has 0 atom stereocenters. The number of nitrogens with zero attached hydrogens (tertiary/aromatic N) is 2. The number of rotatable bonds is 4. The van der Waals surface area contributed by atoms with Crippen LogP contribution in [0.15, 0.2) is 16.9 Å². The highest BCUT2D eigenvalue weighted by molar-refractivity contribution is 6.32. The SMILES string of the molecule is COc1cc2c(cc1Cl)[nH]c(=O)n2C1CCN(C(=O)OCC(C)C)CC1. The van der Waals surface area contributed by atoms with E-state index in [4.69, 9.17) is 21.1 Å². The van der Waals surface area contributed by atoms with Gasteiger partial charge in [0.05, 0.1) is 29.8 Å². The second-order valence-electron chi connectivity index (χ2n) is 6.99. The molecule has 0 saturated carbocycles. The molecule has 1 saturated heterocycles. The fraction of sp³-hybridized carbons (Fsp3) is 0.556. The number of hydrogen-bond donors (Lipinski definition) is 1. The number of benzene rings is 1. The number of aromatic amines is 1. The molecule has 1 aliphatic heterocycles. The Hall–Kier alpha value is -2.15. The third kappa shape index (κ3) is 3.67. The lowest BCUT2D eigenvalue weighted by molar-refractivity contribution is 0.0798. The fourth-order valence-electron chi connectivity index (χ4n) is 3.28. The summed E-state index contributed by atoms with van der Waals surface area (Å²) < 4.78 is 12.3. The second-order valence-corrected chi connectivity index (χ2v) is 7.40. The van der Waals surface area contributed by atoms with E-state index in [0.29, 0.717) is 54.7 Å². The van der Waals surface area contributed by atoms with Crippen LogP contribution in [-0.2, 0) is 4.74 Å². The Kier molecular flexibility index (Phi) is 5.46. The Morgan fingerprint density at radius 1 is 1.35 bits per heavy atom. The summed E-state index contributed by atoms with van der Waals surface area (Å²) in [6, 6.07) is 3.49. The summed E-state index contributed by atoms with van der Waals surface area (Å²) in [5, 5.41) is 0.455. The van der Waals surface area contributed by atoms with Crippen molar-refractivity contribution in [3.05, 3.63) is 27.6 Å². The highest BCUT2D eigenvalue weighted by Crippen LogP contribution is 2.31. The van der Waals surface area contributed by atoms with Gasteiger partial charge in [-0.15, -0.1) is 0 Å². The summed E-state index contributed by atoms with van der Waals surface area (Å²) in [7, 11) is 1.55. The van der Waals surface area contributed by atoms with E-state index < -0.39 is 0 Å². The molecular formula is C18H24ClN3O4. The first-order valence-electron chi connectivity index (χ1n) is 8.80. The molecule has 3 rings (SSSR count). The number of amides is 1. The van der Waals surface area contributed by atoms with E-state index in [1.54, 1.807) is 28.7 Å². The van der Waals surface area contributed by atoms with Gasteiger partial charge in [0, 0.05) is 25.2 Å². The molecule has 8 heteroatoms. The number of aromatic nitrogens is 2. The van der Waals surface area contributed by atoms with Gasteiger partial charge < -0.3 is 19.4 Å². The Bertz CT molecular complexity index is 850. The van der Waals surface area contributed by atoms with Crippen LogP contribution in [0.5, 0.6) is 5.75 Å². The molecule has 1 N–H and O–H groups in total. The van der Waals surface area contributed by atoms with Crippen LogP contribution in [0.4, 0.5) is 4.79 Å². The summed E-state index contributed by atoms with van der Waals surface area (Å²) in [4.78, 5) is 29.1. The van der Waals surface area contributed by atoms with Crippen molar-refractivity contribution < 1.29 is 14.3 Å². The lowest BCUT2D eigenvalue weighted by Gasteiger charge is -2.32. The van der Waals surface area contributed by atoms with Gasteiger partial charge in [-0.1, -0.05) is 25.4 Å². The normalized spacial score (nSPS) is 15.7. The van der Waals surface area contributed by atoms with Crippen LogP contribution >= 0.6 is 11.6 Å². The molecule has 1 fully saturated rings. The van der Waals surface area contributed by atoms with Crippen LogP contribution in [0.3, 0.4) is 0 Å². The predicted octanol–water partition coefficient (Wildman–Crippen LogP) is 3.42. The van der Waals surface area contributed by atoms with Gasteiger partial charge in [0.1, 0.15) is 5.75 Å². The lowest BCUT2D eigenvalue weighted by Crippen LogP contribution is -2.41. The van der Waals surface area contributed by atoms with E-state index in [9.17, 15) is 9.59 Å². The van der Waals surface area contributed by atoms with Gasteiger partial charge in [-0.05, 0) is 24.8 Å². The molecule has 0 bridgehead atoms. The molecule has 0 aliphatic carbocycles. The Labute approximate surface area is 156 Å². The largest absolute Gasteiger partial charge is 0.495 e. The van der Waals surface area contributed by atoms with E-state index in [1.807, 2.05) is 13.8 Å². The van der Waals surface area contributed by atoms with Crippen LogP contribution in [0.1, 0.15) is 32.7 Å². The van der Waals surface area contributed by atoms with Gasteiger partial charge in [0.2, 0.25) is 0 Å². The second kappa shape index (κ2) is 7.61. The first-order chi connectivity index (χ1) is 12.4. The van der Waals surface area contributed by atoms with Crippen molar-refractivity contribution >= 4 is 28.7 Å². The monoisotopic (exact) mass is 381 g/mol. The zero-order chi connectivity index (χ0) is 18.8. The number of carbonyl (C=O) groups excluding carboxylic acids is 1. The van der Waals surface area contributed by atoms with Crippen molar-refractivity contribution in [3.63, 3.8) is 0 Å². The number of nitrogens with one attached hydrogen (secondary N) is 1.